The lowest BCUT2D eigenvalue weighted by Crippen LogP contribution is -2.55. The summed E-state index contributed by atoms with van der Waals surface area (Å²) in [7, 11) is 0. The summed E-state index contributed by atoms with van der Waals surface area (Å²) in [6.45, 7) is 4.52. The number of carbonyl (C=O) groups excluding carboxylic acids is 2. The highest BCUT2D eigenvalue weighted by Crippen LogP contribution is 2.27. The van der Waals surface area contributed by atoms with Gasteiger partial charge in [-0.1, -0.05) is 6.07 Å². The van der Waals surface area contributed by atoms with Crippen molar-refractivity contribution < 1.29 is 14.7 Å². The lowest BCUT2D eigenvalue weighted by Gasteiger charge is -2.41. The molecule has 3 aliphatic rings. The topological polar surface area (TPSA) is 64.1 Å². The van der Waals surface area contributed by atoms with Crippen LogP contribution in [0, 0.1) is 0 Å². The molecule has 1 aromatic carbocycles. The largest absolute Gasteiger partial charge is 0.387 e. The number of carbonyl (C=O) groups is 2. The van der Waals surface area contributed by atoms with Gasteiger partial charge in [0, 0.05) is 37.3 Å². The number of benzene rings is 1. The Hall–Kier alpha value is -1.92. The molecule has 0 aromatic heterocycles. The third-order valence-corrected chi connectivity index (χ3v) is 6.04. The van der Waals surface area contributed by atoms with Crippen LogP contribution in [0.2, 0.25) is 0 Å². The maximum Gasteiger partial charge on any atom is 0.254 e. The van der Waals surface area contributed by atoms with Crippen LogP contribution in [-0.2, 0) is 4.79 Å². The van der Waals surface area contributed by atoms with Gasteiger partial charge in [0.25, 0.3) is 5.91 Å². The minimum absolute atomic E-state index is 0.0527. The van der Waals surface area contributed by atoms with Crippen molar-refractivity contribution in [2.45, 2.75) is 44.1 Å². The Bertz CT molecular complexity index is 716. The zero-order valence-corrected chi connectivity index (χ0v) is 15.9. The van der Waals surface area contributed by atoms with Gasteiger partial charge in [-0.3, -0.25) is 9.59 Å². The van der Waals surface area contributed by atoms with Crippen LogP contribution in [-0.4, -0.2) is 71.6 Å². The molecule has 27 heavy (non-hydrogen) atoms. The maximum atomic E-state index is 13.1. The second kappa shape index (κ2) is 7.60. The number of amides is 2. The molecule has 1 aromatic rings. The molecule has 0 aliphatic carbocycles. The summed E-state index contributed by atoms with van der Waals surface area (Å²) < 4.78 is 0. The zero-order chi connectivity index (χ0) is 18.9. The first-order chi connectivity index (χ1) is 13.0. The number of β-amino-alcohol motifs (C(OH)–C–C–N with tert-alkyl or cyclic N) is 1. The number of rotatable bonds is 4. The van der Waals surface area contributed by atoms with E-state index >= 15 is 0 Å². The van der Waals surface area contributed by atoms with E-state index in [-0.39, 0.29) is 11.8 Å². The van der Waals surface area contributed by atoms with Crippen molar-refractivity contribution in [3.05, 3.63) is 29.8 Å². The van der Waals surface area contributed by atoms with E-state index in [9.17, 15) is 14.7 Å². The Morgan fingerprint density at radius 2 is 1.89 bits per heavy atom. The molecule has 6 heteroatoms. The Kier molecular flexibility index (Phi) is 5.19. The summed E-state index contributed by atoms with van der Waals surface area (Å²) in [6, 6.07) is 7.36. The molecule has 3 fully saturated rings. The van der Waals surface area contributed by atoms with Crippen molar-refractivity contribution in [3.63, 3.8) is 0 Å². The molecule has 0 saturated carbocycles. The first-order valence-electron chi connectivity index (χ1n) is 10.2. The number of hydrogen-bond acceptors (Lipinski definition) is 4. The number of likely N-dealkylation sites (tertiary alicyclic amines) is 2. The van der Waals surface area contributed by atoms with E-state index in [1.807, 2.05) is 18.2 Å². The van der Waals surface area contributed by atoms with Crippen LogP contribution in [0.5, 0.6) is 0 Å². The van der Waals surface area contributed by atoms with Gasteiger partial charge in [-0.15, -0.1) is 0 Å². The molecule has 0 radical (unpaired) electrons. The number of hydrogen-bond donors (Lipinski definition) is 1. The first-order valence-corrected chi connectivity index (χ1v) is 10.2. The van der Waals surface area contributed by atoms with Gasteiger partial charge in [0.2, 0.25) is 5.91 Å². The Labute approximate surface area is 160 Å². The van der Waals surface area contributed by atoms with E-state index in [0.717, 1.165) is 44.6 Å². The van der Waals surface area contributed by atoms with Crippen LogP contribution in [0.3, 0.4) is 0 Å². The molecule has 6 nitrogen and oxygen atoms in total. The molecular formula is C21H29N3O3. The average Bonchev–Trinajstić information content (AvgIpc) is 3.32. The highest BCUT2D eigenvalue weighted by molar-refractivity contribution is 5.99. The summed E-state index contributed by atoms with van der Waals surface area (Å²) in [5.74, 6) is 0.0700. The Morgan fingerprint density at radius 1 is 1.07 bits per heavy atom. The molecule has 4 rings (SSSR count). The summed E-state index contributed by atoms with van der Waals surface area (Å²) in [4.78, 5) is 30.9. The molecule has 1 atom stereocenters. The van der Waals surface area contributed by atoms with Crippen LogP contribution in [0.1, 0.15) is 48.9 Å². The van der Waals surface area contributed by atoms with Crippen LogP contribution < -0.4 is 4.90 Å². The third-order valence-electron chi connectivity index (χ3n) is 6.04. The van der Waals surface area contributed by atoms with Crippen molar-refractivity contribution >= 4 is 17.5 Å². The zero-order valence-electron chi connectivity index (χ0n) is 15.9. The van der Waals surface area contributed by atoms with Gasteiger partial charge in [0.05, 0.1) is 12.1 Å². The highest BCUT2D eigenvalue weighted by Gasteiger charge is 2.37. The molecule has 146 valence electrons. The van der Waals surface area contributed by atoms with Gasteiger partial charge in [0.15, 0.2) is 0 Å². The molecular weight excluding hydrogens is 342 g/mol. The molecule has 3 saturated heterocycles. The van der Waals surface area contributed by atoms with E-state index in [2.05, 4.69) is 4.90 Å². The summed E-state index contributed by atoms with van der Waals surface area (Å²) in [5.41, 5.74) is 0.575. The summed E-state index contributed by atoms with van der Waals surface area (Å²) in [5, 5.41) is 11.1. The summed E-state index contributed by atoms with van der Waals surface area (Å²) >= 11 is 0. The summed E-state index contributed by atoms with van der Waals surface area (Å²) in [6.07, 6.45) is 5.40. The minimum atomic E-state index is -0.819. The van der Waals surface area contributed by atoms with Crippen molar-refractivity contribution in [1.29, 1.82) is 0 Å². The van der Waals surface area contributed by atoms with E-state index in [1.54, 1.807) is 15.9 Å². The van der Waals surface area contributed by atoms with E-state index in [1.165, 1.54) is 12.8 Å². The van der Waals surface area contributed by atoms with Crippen molar-refractivity contribution in [2.24, 2.45) is 0 Å². The number of anilines is 1. The van der Waals surface area contributed by atoms with Crippen molar-refractivity contribution in [3.8, 4) is 0 Å². The van der Waals surface area contributed by atoms with Gasteiger partial charge in [-0.05, 0) is 63.4 Å². The van der Waals surface area contributed by atoms with Gasteiger partial charge in [-0.25, -0.2) is 0 Å². The van der Waals surface area contributed by atoms with Gasteiger partial charge < -0.3 is 19.8 Å². The molecule has 1 N–H and O–H groups in total. The highest BCUT2D eigenvalue weighted by atomic mass is 16.3. The lowest BCUT2D eigenvalue weighted by atomic mass is 9.91. The van der Waals surface area contributed by atoms with Crippen LogP contribution >= 0.6 is 0 Å². The quantitative estimate of drug-likeness (QED) is 0.878. The van der Waals surface area contributed by atoms with E-state index in [0.29, 0.717) is 31.6 Å². The van der Waals surface area contributed by atoms with E-state index in [4.69, 9.17) is 0 Å². The van der Waals surface area contributed by atoms with Crippen LogP contribution in [0.4, 0.5) is 5.69 Å². The standard InChI is InChI=1S/C21H29N3O3/c25-19-8-4-13-24(19)18-7-3-6-17(14-18)20(26)23-12-5-9-21(27,16-23)15-22-10-1-2-11-22/h3,6-7,14,27H,1-2,4-5,8-13,15-16H2. The predicted molar refractivity (Wildman–Crippen MR) is 104 cm³/mol. The fourth-order valence-corrected chi connectivity index (χ4v) is 4.68. The van der Waals surface area contributed by atoms with Gasteiger partial charge >= 0.3 is 0 Å². The Morgan fingerprint density at radius 3 is 2.63 bits per heavy atom. The first kappa shape index (κ1) is 18.4. The van der Waals surface area contributed by atoms with Crippen molar-refractivity contribution in [2.75, 3.05) is 44.2 Å². The SMILES string of the molecule is O=C(c1cccc(N2CCCC2=O)c1)N1CCCC(O)(CN2CCCC2)C1. The lowest BCUT2D eigenvalue weighted by molar-refractivity contribution is -0.117. The van der Waals surface area contributed by atoms with Gasteiger partial charge in [-0.2, -0.15) is 0 Å². The molecule has 3 heterocycles. The maximum absolute atomic E-state index is 13.1. The third kappa shape index (κ3) is 4.01. The number of aliphatic hydroxyl groups is 1. The number of piperidine rings is 1. The molecule has 2 amide bonds. The van der Waals surface area contributed by atoms with Crippen LogP contribution in [0.15, 0.2) is 24.3 Å². The molecule has 1 unspecified atom stereocenters. The smallest absolute Gasteiger partial charge is 0.254 e. The Balaban J connectivity index is 1.46. The normalized spacial score (nSPS) is 26.8. The second-order valence-electron chi connectivity index (χ2n) is 8.24. The fraction of sp³-hybridized carbons (Fsp3) is 0.619. The van der Waals surface area contributed by atoms with Crippen LogP contribution in [0.25, 0.3) is 0 Å². The number of nitrogens with zero attached hydrogens (tertiary/aromatic N) is 3. The molecule has 0 bridgehead atoms. The second-order valence-corrected chi connectivity index (χ2v) is 8.24. The van der Waals surface area contributed by atoms with Crippen molar-refractivity contribution in [1.82, 2.24) is 9.80 Å². The monoisotopic (exact) mass is 371 g/mol. The molecule has 3 aliphatic heterocycles. The molecule has 0 spiro atoms. The average molecular weight is 371 g/mol. The van der Waals surface area contributed by atoms with E-state index < -0.39 is 5.60 Å². The van der Waals surface area contributed by atoms with Gasteiger partial charge in [0.1, 0.15) is 0 Å². The predicted octanol–water partition coefficient (Wildman–Crippen LogP) is 1.88. The fourth-order valence-electron chi connectivity index (χ4n) is 4.68. The minimum Gasteiger partial charge on any atom is -0.387 e.